The van der Waals surface area contributed by atoms with Crippen molar-refractivity contribution in [1.29, 1.82) is 0 Å². The third-order valence-electron chi connectivity index (χ3n) is 1.75. The van der Waals surface area contributed by atoms with Crippen LogP contribution < -0.4 is 5.56 Å². The third kappa shape index (κ3) is 1.11. The van der Waals surface area contributed by atoms with Gasteiger partial charge in [0, 0.05) is 0 Å². The van der Waals surface area contributed by atoms with Crippen molar-refractivity contribution >= 4 is 11.2 Å². The van der Waals surface area contributed by atoms with Gasteiger partial charge in [-0.05, 0) is 6.92 Å². The zero-order chi connectivity index (χ0) is 9.42. The van der Waals surface area contributed by atoms with E-state index in [4.69, 9.17) is 5.11 Å². The second-order valence-electron chi connectivity index (χ2n) is 2.68. The summed E-state index contributed by atoms with van der Waals surface area (Å²) < 4.78 is 1.40. The summed E-state index contributed by atoms with van der Waals surface area (Å²) in [5.74, 6) is 0.507. The highest BCUT2D eigenvalue weighted by Gasteiger charge is 2.06. The number of aliphatic hydroxyl groups excluding tert-OH is 1. The van der Waals surface area contributed by atoms with E-state index in [1.54, 1.807) is 6.92 Å². The Labute approximate surface area is 72.9 Å². The van der Waals surface area contributed by atoms with E-state index in [1.165, 1.54) is 10.9 Å². The van der Waals surface area contributed by atoms with Crippen LogP contribution >= 0.6 is 0 Å². The second kappa shape index (κ2) is 2.67. The summed E-state index contributed by atoms with van der Waals surface area (Å²) >= 11 is 0. The Morgan fingerprint density at radius 2 is 2.46 bits per heavy atom. The van der Waals surface area contributed by atoms with E-state index in [-0.39, 0.29) is 17.8 Å². The summed E-state index contributed by atoms with van der Waals surface area (Å²) in [4.78, 5) is 21.7. The Bertz CT molecular complexity index is 499. The number of aryl methyl sites for hydroxylation is 1. The average molecular weight is 180 g/mol. The van der Waals surface area contributed by atoms with Crippen molar-refractivity contribution < 1.29 is 5.11 Å². The number of fused-ring (bicyclic) bond motifs is 1. The van der Waals surface area contributed by atoms with Gasteiger partial charge in [0.25, 0.3) is 5.56 Å². The summed E-state index contributed by atoms with van der Waals surface area (Å²) in [5.41, 5.74) is 0.373. The third-order valence-corrected chi connectivity index (χ3v) is 1.75. The lowest BCUT2D eigenvalue weighted by molar-refractivity contribution is 0.214. The van der Waals surface area contributed by atoms with Crippen LogP contribution in [0.4, 0.5) is 0 Å². The average Bonchev–Trinajstić information content (AvgIpc) is 2.47. The molecule has 0 radical (unpaired) electrons. The molecule has 13 heavy (non-hydrogen) atoms. The second-order valence-corrected chi connectivity index (χ2v) is 2.68. The Balaban J connectivity index is 2.90. The number of rotatable bonds is 1. The number of hydrogen-bond acceptors (Lipinski definition) is 4. The highest BCUT2D eigenvalue weighted by atomic mass is 16.3. The van der Waals surface area contributed by atoms with Gasteiger partial charge < -0.3 is 10.1 Å². The zero-order valence-corrected chi connectivity index (χ0v) is 6.98. The van der Waals surface area contributed by atoms with Crippen molar-refractivity contribution in [3.63, 3.8) is 0 Å². The molecule has 2 aromatic heterocycles. The molecule has 68 valence electrons. The number of nitrogens with one attached hydrogen (secondary N) is 1. The Morgan fingerprint density at radius 3 is 3.15 bits per heavy atom. The normalized spacial score (nSPS) is 10.9. The van der Waals surface area contributed by atoms with E-state index >= 15 is 0 Å². The minimum absolute atomic E-state index is 0.230. The lowest BCUT2D eigenvalue weighted by Crippen LogP contribution is -2.10. The molecule has 6 nitrogen and oxygen atoms in total. The molecule has 0 atom stereocenters. The molecule has 0 spiro atoms. The fourth-order valence-electron chi connectivity index (χ4n) is 1.17. The van der Waals surface area contributed by atoms with Gasteiger partial charge in [0.2, 0.25) is 0 Å². The molecule has 0 aromatic carbocycles. The van der Waals surface area contributed by atoms with Crippen LogP contribution in [-0.2, 0) is 6.73 Å². The van der Waals surface area contributed by atoms with Gasteiger partial charge in [-0.3, -0.25) is 9.36 Å². The first-order valence-electron chi connectivity index (χ1n) is 3.75. The number of H-pyrrole nitrogens is 1. The van der Waals surface area contributed by atoms with Gasteiger partial charge in [0.15, 0.2) is 11.2 Å². The SMILES string of the molecule is Cc1nc2c(ncn2CO)c(=O)[nH]1. The molecule has 0 aliphatic carbocycles. The Hall–Kier alpha value is -1.69. The van der Waals surface area contributed by atoms with Gasteiger partial charge in [-0.15, -0.1) is 0 Å². The molecule has 0 fully saturated rings. The van der Waals surface area contributed by atoms with Crippen LogP contribution in [0.3, 0.4) is 0 Å². The molecule has 0 unspecified atom stereocenters. The first kappa shape index (κ1) is 7.93. The van der Waals surface area contributed by atoms with Crippen LogP contribution in [-0.4, -0.2) is 24.6 Å². The highest BCUT2D eigenvalue weighted by molar-refractivity contribution is 5.68. The van der Waals surface area contributed by atoms with Crippen molar-refractivity contribution in [2.75, 3.05) is 0 Å². The van der Waals surface area contributed by atoms with E-state index in [0.717, 1.165) is 0 Å². The zero-order valence-electron chi connectivity index (χ0n) is 6.98. The Morgan fingerprint density at radius 1 is 1.69 bits per heavy atom. The van der Waals surface area contributed by atoms with Gasteiger partial charge in [-0.25, -0.2) is 9.97 Å². The van der Waals surface area contributed by atoms with Gasteiger partial charge >= 0.3 is 0 Å². The minimum atomic E-state index is -0.283. The largest absolute Gasteiger partial charge is 0.376 e. The standard InChI is InChI=1S/C7H8N4O2/c1-4-9-6-5(7(13)10-4)8-2-11(6)3-12/h2,12H,3H2,1H3,(H,9,10,13). The maximum Gasteiger partial charge on any atom is 0.279 e. The quantitative estimate of drug-likeness (QED) is 0.612. The van der Waals surface area contributed by atoms with Gasteiger partial charge in [0.1, 0.15) is 12.6 Å². The van der Waals surface area contributed by atoms with Crippen LogP contribution in [0, 0.1) is 6.92 Å². The molecule has 0 saturated carbocycles. The van der Waals surface area contributed by atoms with Crippen molar-refractivity contribution in [1.82, 2.24) is 19.5 Å². The molecular weight excluding hydrogens is 172 g/mol. The first-order chi connectivity index (χ1) is 6.22. The Kier molecular flexibility index (Phi) is 1.63. The van der Waals surface area contributed by atoms with Crippen molar-refractivity contribution in [2.45, 2.75) is 13.7 Å². The molecule has 2 aromatic rings. The van der Waals surface area contributed by atoms with Crippen molar-refractivity contribution in [2.24, 2.45) is 0 Å². The van der Waals surface area contributed by atoms with E-state index in [9.17, 15) is 4.79 Å². The highest BCUT2D eigenvalue weighted by Crippen LogP contribution is 2.03. The fraction of sp³-hybridized carbons (Fsp3) is 0.286. The number of aromatic amines is 1. The molecule has 2 heterocycles. The number of hydrogen-bond donors (Lipinski definition) is 2. The molecule has 2 rings (SSSR count). The monoisotopic (exact) mass is 180 g/mol. The predicted molar refractivity (Wildman–Crippen MR) is 45.1 cm³/mol. The van der Waals surface area contributed by atoms with Gasteiger partial charge in [-0.1, -0.05) is 0 Å². The predicted octanol–water partition coefficient (Wildman–Crippen LogP) is -0.622. The molecule has 2 N–H and O–H groups in total. The van der Waals surface area contributed by atoms with Crippen molar-refractivity contribution in [3.05, 3.63) is 22.5 Å². The fourth-order valence-corrected chi connectivity index (χ4v) is 1.17. The summed E-state index contributed by atoms with van der Waals surface area (Å²) in [7, 11) is 0. The van der Waals surface area contributed by atoms with Crippen LogP contribution in [0.2, 0.25) is 0 Å². The first-order valence-corrected chi connectivity index (χ1v) is 3.75. The molecule has 6 heteroatoms. The summed E-state index contributed by atoms with van der Waals surface area (Å²) in [6.07, 6.45) is 1.38. The van der Waals surface area contributed by atoms with E-state index in [1.807, 2.05) is 0 Å². The lowest BCUT2D eigenvalue weighted by Gasteiger charge is -1.96. The van der Waals surface area contributed by atoms with Gasteiger partial charge in [-0.2, -0.15) is 0 Å². The van der Waals surface area contributed by atoms with Crippen LogP contribution in [0.25, 0.3) is 11.2 Å². The van der Waals surface area contributed by atoms with E-state index < -0.39 is 0 Å². The van der Waals surface area contributed by atoms with Gasteiger partial charge in [0.05, 0.1) is 6.33 Å². The van der Waals surface area contributed by atoms with Crippen LogP contribution in [0.15, 0.2) is 11.1 Å². The number of aliphatic hydroxyl groups is 1. The summed E-state index contributed by atoms with van der Waals surface area (Å²) in [6.45, 7) is 1.45. The molecule has 0 aliphatic rings. The van der Waals surface area contributed by atoms with E-state index in [2.05, 4.69) is 15.0 Å². The summed E-state index contributed by atoms with van der Waals surface area (Å²) in [6, 6.07) is 0. The maximum absolute atomic E-state index is 11.3. The molecule has 0 saturated heterocycles. The van der Waals surface area contributed by atoms with Crippen LogP contribution in [0.5, 0.6) is 0 Å². The number of aromatic nitrogens is 4. The summed E-state index contributed by atoms with van der Waals surface area (Å²) in [5, 5.41) is 8.88. The maximum atomic E-state index is 11.3. The smallest absolute Gasteiger partial charge is 0.279 e. The van der Waals surface area contributed by atoms with Crippen LogP contribution in [0.1, 0.15) is 5.82 Å². The molecule has 0 bridgehead atoms. The topological polar surface area (TPSA) is 83.8 Å². The molecular formula is C7H8N4O2. The number of nitrogens with zero attached hydrogens (tertiary/aromatic N) is 3. The van der Waals surface area contributed by atoms with Crippen molar-refractivity contribution in [3.8, 4) is 0 Å². The lowest BCUT2D eigenvalue weighted by atomic mass is 10.5. The molecule has 0 amide bonds. The minimum Gasteiger partial charge on any atom is -0.376 e. The molecule has 0 aliphatic heterocycles. The van der Waals surface area contributed by atoms with E-state index in [0.29, 0.717) is 11.5 Å². The number of imidazole rings is 1.